The summed E-state index contributed by atoms with van der Waals surface area (Å²) in [5.41, 5.74) is -0.186. The van der Waals surface area contributed by atoms with E-state index in [0.29, 0.717) is 31.8 Å². The molecule has 0 aromatic rings. The lowest BCUT2D eigenvalue weighted by Gasteiger charge is -2.30. The van der Waals surface area contributed by atoms with Crippen LogP contribution in [-0.2, 0) is 9.59 Å². The molecule has 1 N–H and O–H groups in total. The number of Topliss-reactive ketones (excluding diaryl/α,β-unsaturated/α-hetero) is 1. The van der Waals surface area contributed by atoms with E-state index in [4.69, 9.17) is 0 Å². The van der Waals surface area contributed by atoms with Crippen LogP contribution >= 0.6 is 0 Å². The predicted molar refractivity (Wildman–Crippen MR) is 63.1 cm³/mol. The zero-order valence-corrected chi connectivity index (χ0v) is 10.7. The molecule has 0 saturated carbocycles. The summed E-state index contributed by atoms with van der Waals surface area (Å²) in [6.07, 6.45) is 0.573. The van der Waals surface area contributed by atoms with Crippen LogP contribution in [0.15, 0.2) is 0 Å². The number of hydrogen-bond donors (Lipinski definition) is 1. The Morgan fingerprint density at radius 3 is 2.62 bits per heavy atom. The van der Waals surface area contributed by atoms with E-state index in [-0.39, 0.29) is 17.4 Å². The molecule has 16 heavy (non-hydrogen) atoms. The van der Waals surface area contributed by atoms with Gasteiger partial charge >= 0.3 is 0 Å². The van der Waals surface area contributed by atoms with Crippen LogP contribution in [0.25, 0.3) is 0 Å². The highest BCUT2D eigenvalue weighted by atomic mass is 16.2. The van der Waals surface area contributed by atoms with Crippen LogP contribution in [0.1, 0.15) is 34.1 Å². The van der Waals surface area contributed by atoms with Crippen molar-refractivity contribution in [2.45, 2.75) is 39.7 Å². The van der Waals surface area contributed by atoms with E-state index in [0.717, 1.165) is 0 Å². The van der Waals surface area contributed by atoms with Gasteiger partial charge in [0.15, 0.2) is 0 Å². The van der Waals surface area contributed by atoms with Crippen LogP contribution < -0.4 is 5.32 Å². The maximum atomic E-state index is 11.7. The highest BCUT2D eigenvalue weighted by Gasteiger charge is 2.25. The first-order valence-corrected chi connectivity index (χ1v) is 5.84. The standard InChI is InChI=1S/C12H22N2O2/c1-9-7-14(6-5-10(9)15)8-11(16)13-12(2,3)4/h9H,5-8H2,1-4H3,(H,13,16). The van der Waals surface area contributed by atoms with Gasteiger partial charge in [0.2, 0.25) is 5.91 Å². The lowest BCUT2D eigenvalue weighted by atomic mass is 9.98. The van der Waals surface area contributed by atoms with E-state index < -0.39 is 0 Å². The molecule has 1 heterocycles. The second-order valence-electron chi connectivity index (χ2n) is 5.65. The highest BCUT2D eigenvalue weighted by molar-refractivity contribution is 5.82. The van der Waals surface area contributed by atoms with Gasteiger partial charge in [-0.3, -0.25) is 14.5 Å². The predicted octanol–water partition coefficient (Wildman–Crippen LogP) is 0.812. The van der Waals surface area contributed by atoms with E-state index >= 15 is 0 Å². The second kappa shape index (κ2) is 4.95. The van der Waals surface area contributed by atoms with Gasteiger partial charge in [0, 0.05) is 31.0 Å². The minimum atomic E-state index is -0.186. The zero-order chi connectivity index (χ0) is 12.3. The van der Waals surface area contributed by atoms with Crippen LogP contribution in [0.4, 0.5) is 0 Å². The van der Waals surface area contributed by atoms with Gasteiger partial charge < -0.3 is 5.32 Å². The average molecular weight is 226 g/mol. The quantitative estimate of drug-likeness (QED) is 0.758. The fourth-order valence-corrected chi connectivity index (χ4v) is 1.90. The third kappa shape index (κ3) is 4.31. The first kappa shape index (κ1) is 13.2. The fourth-order valence-electron chi connectivity index (χ4n) is 1.90. The summed E-state index contributed by atoms with van der Waals surface area (Å²) in [5.74, 6) is 0.415. The molecule has 0 spiro atoms. The Bertz CT molecular complexity index is 281. The molecule has 1 atom stereocenters. The molecular weight excluding hydrogens is 204 g/mol. The molecule has 1 unspecified atom stereocenters. The molecule has 0 bridgehead atoms. The van der Waals surface area contributed by atoms with Gasteiger partial charge in [-0.1, -0.05) is 6.92 Å². The van der Waals surface area contributed by atoms with Gasteiger partial charge in [-0.25, -0.2) is 0 Å². The normalized spacial score (nSPS) is 23.2. The first-order chi connectivity index (χ1) is 7.28. The SMILES string of the molecule is CC1CN(CC(=O)NC(C)(C)C)CCC1=O. The number of carbonyl (C=O) groups is 2. The molecule has 0 radical (unpaired) electrons. The zero-order valence-electron chi connectivity index (χ0n) is 10.7. The number of piperidine rings is 1. The number of likely N-dealkylation sites (tertiary alicyclic amines) is 1. The highest BCUT2D eigenvalue weighted by Crippen LogP contribution is 2.11. The molecule has 1 saturated heterocycles. The molecule has 92 valence electrons. The van der Waals surface area contributed by atoms with Crippen molar-refractivity contribution in [1.29, 1.82) is 0 Å². The molecule has 0 aromatic heterocycles. The topological polar surface area (TPSA) is 49.4 Å². The molecule has 1 rings (SSSR count). The number of carbonyl (C=O) groups excluding carboxylic acids is 2. The van der Waals surface area contributed by atoms with Crippen molar-refractivity contribution in [3.05, 3.63) is 0 Å². The van der Waals surface area contributed by atoms with E-state index in [1.807, 2.05) is 32.6 Å². The maximum Gasteiger partial charge on any atom is 0.234 e. The Kier molecular flexibility index (Phi) is 4.08. The van der Waals surface area contributed by atoms with E-state index in [2.05, 4.69) is 5.32 Å². The summed E-state index contributed by atoms with van der Waals surface area (Å²) >= 11 is 0. The lowest BCUT2D eigenvalue weighted by Crippen LogP contribution is -2.49. The van der Waals surface area contributed by atoms with E-state index in [1.165, 1.54) is 0 Å². The molecule has 0 aromatic carbocycles. The molecule has 0 aliphatic carbocycles. The number of rotatable bonds is 2. The summed E-state index contributed by atoms with van der Waals surface area (Å²) in [6, 6.07) is 0. The van der Waals surface area contributed by atoms with Gasteiger partial charge in [-0.15, -0.1) is 0 Å². The minimum Gasteiger partial charge on any atom is -0.350 e. The van der Waals surface area contributed by atoms with Crippen LogP contribution in [0.5, 0.6) is 0 Å². The number of nitrogens with zero attached hydrogens (tertiary/aromatic N) is 1. The number of nitrogens with one attached hydrogen (secondary N) is 1. The molecule has 1 amide bonds. The first-order valence-electron chi connectivity index (χ1n) is 5.84. The van der Waals surface area contributed by atoms with E-state index in [9.17, 15) is 9.59 Å². The van der Waals surface area contributed by atoms with E-state index in [1.54, 1.807) is 0 Å². The van der Waals surface area contributed by atoms with Gasteiger partial charge in [0.1, 0.15) is 5.78 Å². The van der Waals surface area contributed by atoms with Crippen molar-refractivity contribution < 1.29 is 9.59 Å². The van der Waals surface area contributed by atoms with Gasteiger partial charge in [-0.05, 0) is 20.8 Å². The molecular formula is C12H22N2O2. The van der Waals surface area contributed by atoms with Gasteiger partial charge in [-0.2, -0.15) is 0 Å². The third-order valence-corrected chi connectivity index (χ3v) is 2.64. The summed E-state index contributed by atoms with van der Waals surface area (Å²) in [6.45, 7) is 9.63. The molecule has 4 heteroatoms. The summed E-state index contributed by atoms with van der Waals surface area (Å²) in [7, 11) is 0. The van der Waals surface area contributed by atoms with Crippen molar-refractivity contribution in [2.24, 2.45) is 5.92 Å². The fraction of sp³-hybridized carbons (Fsp3) is 0.833. The maximum absolute atomic E-state index is 11.7. The van der Waals surface area contributed by atoms with Gasteiger partial charge in [0.05, 0.1) is 6.54 Å². The van der Waals surface area contributed by atoms with Crippen molar-refractivity contribution in [3.8, 4) is 0 Å². The number of ketones is 1. The Balaban J connectivity index is 2.38. The summed E-state index contributed by atoms with van der Waals surface area (Å²) in [4.78, 5) is 25.1. The van der Waals surface area contributed by atoms with Crippen LogP contribution in [0.2, 0.25) is 0 Å². The average Bonchev–Trinajstić information content (AvgIpc) is 2.08. The largest absolute Gasteiger partial charge is 0.350 e. The Labute approximate surface area is 97.4 Å². The van der Waals surface area contributed by atoms with Crippen molar-refractivity contribution in [3.63, 3.8) is 0 Å². The molecule has 4 nitrogen and oxygen atoms in total. The number of hydrogen-bond acceptors (Lipinski definition) is 3. The molecule has 1 aliphatic heterocycles. The summed E-state index contributed by atoms with van der Waals surface area (Å²) < 4.78 is 0. The third-order valence-electron chi connectivity index (χ3n) is 2.64. The van der Waals surface area contributed by atoms with Crippen molar-refractivity contribution in [2.75, 3.05) is 19.6 Å². The Morgan fingerprint density at radius 2 is 2.12 bits per heavy atom. The van der Waals surface area contributed by atoms with Crippen LogP contribution in [0.3, 0.4) is 0 Å². The molecule has 1 aliphatic rings. The Hall–Kier alpha value is -0.900. The van der Waals surface area contributed by atoms with Crippen molar-refractivity contribution >= 4 is 11.7 Å². The lowest BCUT2D eigenvalue weighted by molar-refractivity contribution is -0.129. The minimum absolute atomic E-state index is 0.0362. The Morgan fingerprint density at radius 1 is 1.50 bits per heavy atom. The van der Waals surface area contributed by atoms with Crippen molar-refractivity contribution in [1.82, 2.24) is 10.2 Å². The molecule has 1 fully saturated rings. The second-order valence-corrected chi connectivity index (χ2v) is 5.65. The van der Waals surface area contributed by atoms with Gasteiger partial charge in [0.25, 0.3) is 0 Å². The smallest absolute Gasteiger partial charge is 0.234 e. The monoisotopic (exact) mass is 226 g/mol. The summed E-state index contributed by atoms with van der Waals surface area (Å²) in [5, 5.41) is 2.93. The van der Waals surface area contributed by atoms with Crippen LogP contribution in [0, 0.1) is 5.92 Å². The van der Waals surface area contributed by atoms with Crippen LogP contribution in [-0.4, -0.2) is 41.8 Å². The number of amides is 1.